The van der Waals surface area contributed by atoms with Crippen LogP contribution in [-0.2, 0) is 32.4 Å². The van der Waals surface area contributed by atoms with Crippen molar-refractivity contribution in [3.05, 3.63) is 69.4 Å². The van der Waals surface area contributed by atoms with Crippen LogP contribution in [0.15, 0.2) is 47.7 Å². The molecule has 0 unspecified atom stereocenters. The van der Waals surface area contributed by atoms with Gasteiger partial charge in [-0.1, -0.05) is 24.3 Å². The second-order valence-electron chi connectivity index (χ2n) is 7.61. The number of nitrogens with zero attached hydrogens (tertiary/aromatic N) is 4. The van der Waals surface area contributed by atoms with Gasteiger partial charge in [0, 0.05) is 43.8 Å². The number of hydrogen-bond donors (Lipinski definition) is 2. The summed E-state index contributed by atoms with van der Waals surface area (Å²) in [7, 11) is 1.82. The fraction of sp³-hybridized carbons (Fsp3) is 0.435. The number of benzene rings is 1. The van der Waals surface area contributed by atoms with Crippen LogP contribution in [0, 0.1) is 0 Å². The largest absolute Gasteiger partial charge is 0.356 e. The number of rotatable bonds is 8. The molecule has 0 spiro atoms. The maximum absolute atomic E-state index is 4.84. The molecule has 0 atom stereocenters. The van der Waals surface area contributed by atoms with Gasteiger partial charge in [0.15, 0.2) is 5.96 Å². The molecule has 0 radical (unpaired) electrons. The normalized spacial score (nSPS) is 13.8. The zero-order valence-electron chi connectivity index (χ0n) is 17.6. The number of fused-ring (bicyclic) bond motifs is 1. The highest BCUT2D eigenvalue weighted by atomic mass is 32.1. The molecule has 2 aromatic heterocycles. The minimum atomic E-state index is 0.732. The Hall–Kier alpha value is -2.67. The smallest absolute Gasteiger partial charge is 0.191 e. The average molecular weight is 423 g/mol. The van der Waals surface area contributed by atoms with E-state index in [9.17, 15) is 0 Å². The van der Waals surface area contributed by atoms with Gasteiger partial charge in [0.1, 0.15) is 0 Å². The van der Waals surface area contributed by atoms with Crippen LogP contribution >= 0.6 is 11.3 Å². The van der Waals surface area contributed by atoms with Crippen LogP contribution in [0.5, 0.6) is 0 Å². The molecule has 2 N–H and O–H groups in total. The van der Waals surface area contributed by atoms with Gasteiger partial charge in [0.25, 0.3) is 0 Å². The van der Waals surface area contributed by atoms with Crippen molar-refractivity contribution in [2.45, 2.75) is 51.6 Å². The highest BCUT2D eigenvalue weighted by Gasteiger charge is 2.14. The monoisotopic (exact) mass is 422 g/mol. The van der Waals surface area contributed by atoms with E-state index in [4.69, 9.17) is 4.98 Å². The van der Waals surface area contributed by atoms with Gasteiger partial charge < -0.3 is 10.6 Å². The topological polar surface area (TPSA) is 67.1 Å². The van der Waals surface area contributed by atoms with Crippen molar-refractivity contribution in [1.82, 2.24) is 25.4 Å². The Kier molecular flexibility index (Phi) is 7.13. The number of guanidine groups is 1. The van der Waals surface area contributed by atoms with Crippen LogP contribution in [-0.4, -0.2) is 34.3 Å². The lowest BCUT2D eigenvalue weighted by Gasteiger charge is -2.14. The Morgan fingerprint density at radius 1 is 1.13 bits per heavy atom. The summed E-state index contributed by atoms with van der Waals surface area (Å²) in [5.74, 6) is 0.835. The number of aryl methyl sites for hydroxylation is 3. The van der Waals surface area contributed by atoms with E-state index in [2.05, 4.69) is 45.0 Å². The third kappa shape index (κ3) is 5.48. The molecule has 2 heterocycles. The van der Waals surface area contributed by atoms with Gasteiger partial charge in [0.2, 0.25) is 0 Å². The molecule has 158 valence electrons. The van der Waals surface area contributed by atoms with E-state index in [0.717, 1.165) is 38.4 Å². The van der Waals surface area contributed by atoms with Crippen LogP contribution in [0.4, 0.5) is 0 Å². The molecule has 1 aromatic carbocycles. The summed E-state index contributed by atoms with van der Waals surface area (Å²) in [4.78, 5) is 10.7. The average Bonchev–Trinajstić information content (AvgIpc) is 3.43. The van der Waals surface area contributed by atoms with E-state index in [1.54, 1.807) is 0 Å². The molecule has 0 saturated carbocycles. The standard InChI is InChI=1S/C23H30N6S/c1-24-23(25-13-6-12-22-28-20-10-4-5-11-21(20)30-22)26-16-18-8-2-3-9-19(18)17-29-15-7-14-27-29/h2-3,7-9,14-15H,4-6,10-13,16-17H2,1H3,(H2,24,25,26). The Morgan fingerprint density at radius 3 is 2.80 bits per heavy atom. The molecule has 4 rings (SSSR count). The van der Waals surface area contributed by atoms with E-state index >= 15 is 0 Å². The molecule has 3 aromatic rings. The van der Waals surface area contributed by atoms with Crippen molar-refractivity contribution in [1.29, 1.82) is 0 Å². The van der Waals surface area contributed by atoms with Gasteiger partial charge in [-0.05, 0) is 49.3 Å². The summed E-state index contributed by atoms with van der Waals surface area (Å²) in [6.07, 6.45) is 10.9. The Bertz CT molecular complexity index is 936. The van der Waals surface area contributed by atoms with Gasteiger partial charge in [-0.3, -0.25) is 9.67 Å². The summed E-state index contributed by atoms with van der Waals surface area (Å²) < 4.78 is 1.95. The van der Waals surface area contributed by atoms with Gasteiger partial charge in [-0.15, -0.1) is 11.3 Å². The summed E-state index contributed by atoms with van der Waals surface area (Å²) in [6, 6.07) is 10.4. The quantitative estimate of drug-likeness (QED) is 0.331. The van der Waals surface area contributed by atoms with E-state index in [-0.39, 0.29) is 0 Å². The molecule has 0 aliphatic heterocycles. The van der Waals surface area contributed by atoms with E-state index in [1.165, 1.54) is 52.4 Å². The van der Waals surface area contributed by atoms with Crippen molar-refractivity contribution < 1.29 is 0 Å². The van der Waals surface area contributed by atoms with E-state index in [0.29, 0.717) is 0 Å². The fourth-order valence-electron chi connectivity index (χ4n) is 3.81. The van der Waals surface area contributed by atoms with Crippen molar-refractivity contribution in [3.63, 3.8) is 0 Å². The second-order valence-corrected chi connectivity index (χ2v) is 8.78. The molecule has 1 aliphatic carbocycles. The first-order valence-electron chi connectivity index (χ1n) is 10.8. The summed E-state index contributed by atoms with van der Waals surface area (Å²) in [5, 5.41) is 12.5. The van der Waals surface area contributed by atoms with Gasteiger partial charge >= 0.3 is 0 Å². The van der Waals surface area contributed by atoms with Crippen LogP contribution < -0.4 is 10.6 Å². The number of aliphatic imine (C=N–C) groups is 1. The minimum Gasteiger partial charge on any atom is -0.356 e. The van der Waals surface area contributed by atoms with Gasteiger partial charge in [-0.2, -0.15) is 5.10 Å². The van der Waals surface area contributed by atoms with Crippen LogP contribution in [0.2, 0.25) is 0 Å². The molecule has 0 saturated heterocycles. The first-order valence-corrected chi connectivity index (χ1v) is 11.6. The van der Waals surface area contributed by atoms with Gasteiger partial charge in [-0.25, -0.2) is 4.98 Å². The number of aromatic nitrogens is 3. The molecule has 30 heavy (non-hydrogen) atoms. The Labute approximate surface area is 182 Å². The predicted molar refractivity (Wildman–Crippen MR) is 123 cm³/mol. The van der Waals surface area contributed by atoms with Gasteiger partial charge in [0.05, 0.1) is 17.2 Å². The van der Waals surface area contributed by atoms with E-state index < -0.39 is 0 Å². The van der Waals surface area contributed by atoms with Crippen LogP contribution in [0.25, 0.3) is 0 Å². The van der Waals surface area contributed by atoms with Crippen molar-refractivity contribution >= 4 is 17.3 Å². The maximum atomic E-state index is 4.84. The third-order valence-corrected chi connectivity index (χ3v) is 6.65. The third-order valence-electron chi connectivity index (χ3n) is 5.43. The number of nitrogens with one attached hydrogen (secondary N) is 2. The van der Waals surface area contributed by atoms with Crippen molar-refractivity contribution in [3.8, 4) is 0 Å². The SMILES string of the molecule is CN=C(NCCCc1nc2c(s1)CCCC2)NCc1ccccc1Cn1cccn1. The maximum Gasteiger partial charge on any atom is 0.191 e. The molecule has 0 fully saturated rings. The first kappa shape index (κ1) is 20.6. The predicted octanol–water partition coefficient (Wildman–Crippen LogP) is 3.56. The molecule has 0 bridgehead atoms. The van der Waals surface area contributed by atoms with Crippen molar-refractivity contribution in [2.24, 2.45) is 4.99 Å². The molecule has 7 heteroatoms. The Balaban J connectivity index is 1.23. The lowest BCUT2D eigenvalue weighted by atomic mass is 10.0. The van der Waals surface area contributed by atoms with Crippen LogP contribution in [0.3, 0.4) is 0 Å². The second kappa shape index (κ2) is 10.4. The first-order chi connectivity index (χ1) is 14.8. The molecule has 1 aliphatic rings. The lowest BCUT2D eigenvalue weighted by Crippen LogP contribution is -2.37. The number of hydrogen-bond acceptors (Lipinski definition) is 4. The molecular weight excluding hydrogens is 392 g/mol. The lowest BCUT2D eigenvalue weighted by molar-refractivity contribution is 0.675. The molecular formula is C23H30N6S. The summed E-state index contributed by atoms with van der Waals surface area (Å²) >= 11 is 1.92. The van der Waals surface area contributed by atoms with E-state index in [1.807, 2.05) is 41.5 Å². The fourth-order valence-corrected chi connectivity index (χ4v) is 5.01. The molecule has 0 amide bonds. The highest BCUT2D eigenvalue weighted by molar-refractivity contribution is 7.11. The minimum absolute atomic E-state index is 0.732. The number of thiazole rings is 1. The van der Waals surface area contributed by atoms with Crippen LogP contribution in [0.1, 0.15) is 46.0 Å². The zero-order chi connectivity index (χ0) is 20.6. The zero-order valence-corrected chi connectivity index (χ0v) is 18.4. The molecule has 6 nitrogen and oxygen atoms in total. The summed E-state index contributed by atoms with van der Waals surface area (Å²) in [5.41, 5.74) is 3.88. The van der Waals surface area contributed by atoms with Crippen molar-refractivity contribution in [2.75, 3.05) is 13.6 Å². The highest BCUT2D eigenvalue weighted by Crippen LogP contribution is 2.27. The Morgan fingerprint density at radius 2 is 2.00 bits per heavy atom. The summed E-state index contributed by atoms with van der Waals surface area (Å²) in [6.45, 7) is 2.39.